The largest absolute Gasteiger partial charge is 3.00 e. The number of aryl methyl sites for hydroxylation is 1. The van der Waals surface area contributed by atoms with Crippen molar-refractivity contribution in [2.24, 2.45) is 10.2 Å². The Labute approximate surface area is 196 Å². The third kappa shape index (κ3) is 6.77. The minimum Gasteiger partial charge on any atom is -0.871 e. The maximum atomic E-state index is 12.5. The van der Waals surface area contributed by atoms with E-state index in [1.165, 1.54) is 19.1 Å². The molecule has 33 heavy (non-hydrogen) atoms. The van der Waals surface area contributed by atoms with Crippen LogP contribution in [0.3, 0.4) is 0 Å². The summed E-state index contributed by atoms with van der Waals surface area (Å²) in [4.78, 5) is 9.75. The van der Waals surface area contributed by atoms with Crippen LogP contribution < -0.4 is 10.2 Å². The van der Waals surface area contributed by atoms with Gasteiger partial charge in [0, 0.05) is 18.0 Å². The summed E-state index contributed by atoms with van der Waals surface area (Å²) in [5.74, 6) is -1.32. The molecule has 1 heterocycles. The first-order valence-corrected chi connectivity index (χ1v) is 9.23. The predicted molar refractivity (Wildman–Crippen MR) is 105 cm³/mol. The molecule has 0 aliphatic heterocycles. The Morgan fingerprint density at radius 3 is 2.12 bits per heavy atom. The number of aromatic nitrogens is 2. The molecule has 1 aromatic heterocycles. The van der Waals surface area contributed by atoms with Gasteiger partial charge in [0.25, 0.3) is 15.8 Å². The molecule has 17 heteroatoms. The number of nitro groups is 1. The molecule has 0 fully saturated rings. The number of rotatable bonds is 5. The summed E-state index contributed by atoms with van der Waals surface area (Å²) in [7, 11) is -4.39. The molecule has 0 saturated carbocycles. The zero-order chi connectivity index (χ0) is 21.3. The Morgan fingerprint density at radius 2 is 1.61 bits per heavy atom. The van der Waals surface area contributed by atoms with E-state index in [9.17, 15) is 28.7 Å². The maximum absolute atomic E-state index is 12.5. The standard InChI is InChI=1S/C16H13N5O7S.Cr.3H2O/c1-9-15(18-17-13-8-11(21(24)25)4-7-14(13)22)16(23)20(19-9)10-2-5-12(6-3-10)29(26,27)28;;;;/h2-8,22-23H,1H3,(H,26,27,28);;3*1H2/q;+3;;;/p-2. The fourth-order valence-electron chi connectivity index (χ4n) is 2.35. The number of non-ortho nitro benzene ring substituents is 1. The van der Waals surface area contributed by atoms with Crippen LogP contribution in [0, 0.1) is 17.0 Å². The molecule has 1 radical (unpaired) electrons. The average Bonchev–Trinajstić information content (AvgIpc) is 2.94. The molecule has 0 atom stereocenters. The van der Waals surface area contributed by atoms with Crippen molar-refractivity contribution in [2.45, 2.75) is 11.8 Å². The van der Waals surface area contributed by atoms with Gasteiger partial charge in [-0.15, -0.1) is 5.11 Å². The normalized spacial score (nSPS) is 10.4. The third-order valence-corrected chi connectivity index (χ3v) is 4.65. The molecular weight excluding hydrogens is 506 g/mol. The molecule has 3 aromatic rings. The minimum absolute atomic E-state index is 0. The van der Waals surface area contributed by atoms with E-state index in [4.69, 9.17) is 4.55 Å². The molecule has 0 saturated heterocycles. The Morgan fingerprint density at radius 1 is 1.03 bits per heavy atom. The van der Waals surface area contributed by atoms with Crippen LogP contribution in [0.15, 0.2) is 57.6 Å². The summed E-state index contributed by atoms with van der Waals surface area (Å²) >= 11 is 0. The van der Waals surface area contributed by atoms with Crippen molar-refractivity contribution in [3.05, 3.63) is 58.3 Å². The molecule has 0 unspecified atom stereocenters. The van der Waals surface area contributed by atoms with Crippen LogP contribution in [0.1, 0.15) is 5.69 Å². The summed E-state index contributed by atoms with van der Waals surface area (Å²) in [6.07, 6.45) is 0. The molecule has 3 rings (SSSR count). The van der Waals surface area contributed by atoms with Crippen LogP contribution in [0.4, 0.5) is 17.1 Å². The molecule has 0 aliphatic rings. The first-order valence-electron chi connectivity index (χ1n) is 7.79. The zero-order valence-electron chi connectivity index (χ0n) is 16.5. The topological polar surface area (TPSA) is 281 Å². The first kappa shape index (κ1) is 31.8. The van der Waals surface area contributed by atoms with Gasteiger partial charge in [-0.3, -0.25) is 14.7 Å². The van der Waals surface area contributed by atoms with Gasteiger partial charge in [0.2, 0.25) is 0 Å². The van der Waals surface area contributed by atoms with Crippen LogP contribution >= 0.6 is 0 Å². The first-order chi connectivity index (χ1) is 13.6. The van der Waals surface area contributed by atoms with E-state index in [0.29, 0.717) is 0 Å². The van der Waals surface area contributed by atoms with Gasteiger partial charge >= 0.3 is 17.4 Å². The van der Waals surface area contributed by atoms with Crippen molar-refractivity contribution in [2.75, 3.05) is 0 Å². The van der Waals surface area contributed by atoms with Crippen molar-refractivity contribution in [1.82, 2.24) is 9.78 Å². The van der Waals surface area contributed by atoms with Crippen molar-refractivity contribution in [1.29, 1.82) is 0 Å². The molecule has 0 spiro atoms. The van der Waals surface area contributed by atoms with Crippen LogP contribution in [0.5, 0.6) is 11.6 Å². The van der Waals surface area contributed by atoms with Gasteiger partial charge in [-0.1, -0.05) is 11.8 Å². The van der Waals surface area contributed by atoms with Crippen LogP contribution in [-0.2, 0) is 27.5 Å². The summed E-state index contributed by atoms with van der Waals surface area (Å²) in [5.41, 5.74) is -0.507. The average molecular weight is 523 g/mol. The second-order valence-corrected chi connectivity index (χ2v) is 7.15. The van der Waals surface area contributed by atoms with E-state index in [2.05, 4.69) is 15.3 Å². The van der Waals surface area contributed by atoms with Gasteiger partial charge in [-0.05, 0) is 31.2 Å². The number of benzene rings is 2. The molecule has 177 valence electrons. The van der Waals surface area contributed by atoms with E-state index >= 15 is 0 Å². The monoisotopic (exact) mass is 523 g/mol. The number of nitro benzene ring substituents is 1. The van der Waals surface area contributed by atoms with Crippen molar-refractivity contribution >= 4 is 27.2 Å². The quantitative estimate of drug-likeness (QED) is 0.195. The maximum Gasteiger partial charge on any atom is 3.00 e. The second kappa shape index (κ2) is 12.0. The summed E-state index contributed by atoms with van der Waals surface area (Å²) in [5, 5.41) is 46.5. The Hall–Kier alpha value is -3.43. The van der Waals surface area contributed by atoms with E-state index in [-0.39, 0.29) is 67.1 Å². The molecule has 0 amide bonds. The van der Waals surface area contributed by atoms with E-state index in [1.54, 1.807) is 0 Å². The second-order valence-electron chi connectivity index (χ2n) is 5.73. The van der Waals surface area contributed by atoms with Crippen molar-refractivity contribution < 1.29 is 61.9 Å². The smallest absolute Gasteiger partial charge is 0.871 e. The van der Waals surface area contributed by atoms with Gasteiger partial charge in [0.15, 0.2) is 0 Å². The fraction of sp³-hybridized carbons (Fsp3) is 0.0625. The Bertz CT molecular complexity index is 1250. The summed E-state index contributed by atoms with van der Waals surface area (Å²) in [6, 6.07) is 7.63. The number of azo groups is 1. The predicted octanol–water partition coefficient (Wildman–Crippen LogP) is -0.578. The van der Waals surface area contributed by atoms with Crippen molar-refractivity contribution in [3.8, 4) is 17.3 Å². The summed E-state index contributed by atoms with van der Waals surface area (Å²) < 4.78 is 32.1. The Balaban J connectivity index is 0. The van der Waals surface area contributed by atoms with Crippen LogP contribution in [0.2, 0.25) is 0 Å². The van der Waals surface area contributed by atoms with Crippen LogP contribution in [0.25, 0.3) is 5.69 Å². The van der Waals surface area contributed by atoms with E-state index < -0.39 is 26.7 Å². The number of hydrogen-bond acceptors (Lipinski definition) is 9. The van der Waals surface area contributed by atoms with Crippen LogP contribution in [-0.4, -0.2) is 44.1 Å². The SMILES string of the molecule is Cc1nn(-c2ccc(S(=O)(=O)O)cc2)c([O-])c1N=Nc1cc([N+](=O)[O-])ccc1[O-].O.O.O.[Cr+3]. The Kier molecular flexibility index (Phi) is 11.5. The summed E-state index contributed by atoms with van der Waals surface area (Å²) in [6.45, 7) is 1.46. The third-order valence-electron chi connectivity index (χ3n) is 3.78. The zero-order valence-corrected chi connectivity index (χ0v) is 18.6. The number of hydrogen-bond donors (Lipinski definition) is 1. The van der Waals surface area contributed by atoms with Crippen molar-refractivity contribution in [3.63, 3.8) is 0 Å². The van der Waals surface area contributed by atoms with Gasteiger partial charge in [-0.25, -0.2) is 4.68 Å². The minimum atomic E-state index is -4.39. The molecule has 2 aromatic carbocycles. The fourth-order valence-corrected chi connectivity index (χ4v) is 2.83. The molecule has 0 aliphatic carbocycles. The molecular formula is C16H17CrN5O10S+. The molecule has 0 bridgehead atoms. The van der Waals surface area contributed by atoms with Gasteiger partial charge in [0.1, 0.15) is 5.69 Å². The van der Waals surface area contributed by atoms with Gasteiger partial charge < -0.3 is 26.6 Å². The van der Waals surface area contributed by atoms with Gasteiger partial charge in [0.05, 0.1) is 26.9 Å². The molecule has 15 nitrogen and oxygen atoms in total. The number of nitrogens with zero attached hydrogens (tertiary/aromatic N) is 5. The molecule has 7 N–H and O–H groups in total. The van der Waals surface area contributed by atoms with E-state index in [0.717, 1.165) is 35.0 Å². The van der Waals surface area contributed by atoms with E-state index in [1.807, 2.05) is 0 Å². The van der Waals surface area contributed by atoms with Gasteiger partial charge in [-0.2, -0.15) is 18.6 Å².